The Morgan fingerprint density at radius 3 is 3.00 bits per heavy atom. The van der Waals surface area contributed by atoms with Gasteiger partial charge in [0.05, 0.1) is 6.20 Å². The minimum absolute atomic E-state index is 0.587. The Balaban J connectivity index is 1.88. The lowest BCUT2D eigenvalue weighted by Crippen LogP contribution is -2.13. The maximum Gasteiger partial charge on any atom is 0.195 e. The first-order valence-electron chi connectivity index (χ1n) is 4.88. The molecule has 1 aromatic heterocycles. The topological polar surface area (TPSA) is 26.0 Å². The van der Waals surface area contributed by atoms with Crippen LogP contribution in [0.3, 0.4) is 0 Å². The molecule has 0 aromatic carbocycles. The number of alkyl halides is 1. The van der Waals surface area contributed by atoms with Crippen molar-refractivity contribution < 1.29 is 4.42 Å². The zero-order valence-corrected chi connectivity index (χ0v) is 8.39. The average molecular weight is 200 g/mol. The fourth-order valence-electron chi connectivity index (χ4n) is 1.62. The second-order valence-corrected chi connectivity index (χ2v) is 4.04. The normalized spacial score (nSPS) is 17.3. The fourth-order valence-corrected chi connectivity index (χ4v) is 1.78. The molecule has 1 fully saturated rings. The number of aromatic nitrogens is 1. The van der Waals surface area contributed by atoms with Crippen LogP contribution in [-0.2, 0) is 12.8 Å². The van der Waals surface area contributed by atoms with E-state index < -0.39 is 0 Å². The van der Waals surface area contributed by atoms with Gasteiger partial charge in [0.25, 0.3) is 0 Å². The van der Waals surface area contributed by atoms with Gasteiger partial charge in [0.2, 0.25) is 0 Å². The van der Waals surface area contributed by atoms with Crippen molar-refractivity contribution in [1.82, 2.24) is 4.98 Å². The number of rotatable bonds is 4. The maximum absolute atomic E-state index is 5.59. The van der Waals surface area contributed by atoms with Gasteiger partial charge in [-0.15, -0.1) is 11.6 Å². The molecule has 2 nitrogen and oxygen atoms in total. The molecule has 0 unspecified atom stereocenters. The summed E-state index contributed by atoms with van der Waals surface area (Å²) in [5.74, 6) is 3.24. The Morgan fingerprint density at radius 2 is 2.38 bits per heavy atom. The van der Waals surface area contributed by atoms with E-state index >= 15 is 0 Å². The van der Waals surface area contributed by atoms with Gasteiger partial charge in [-0.1, -0.05) is 19.3 Å². The number of oxazole rings is 1. The summed E-state index contributed by atoms with van der Waals surface area (Å²) >= 11 is 5.59. The van der Waals surface area contributed by atoms with E-state index in [9.17, 15) is 0 Å². The second-order valence-electron chi connectivity index (χ2n) is 3.66. The standard InChI is InChI=1S/C10H14ClNO/c11-5-4-10-12-7-9(13-10)6-8-2-1-3-8/h7-8H,1-6H2. The molecular formula is C10H14ClNO. The first-order chi connectivity index (χ1) is 6.38. The number of aryl methyl sites for hydroxylation is 1. The van der Waals surface area contributed by atoms with Crippen LogP contribution >= 0.6 is 11.6 Å². The first kappa shape index (κ1) is 9.07. The van der Waals surface area contributed by atoms with Crippen molar-refractivity contribution >= 4 is 11.6 Å². The van der Waals surface area contributed by atoms with Crippen LogP contribution < -0.4 is 0 Å². The zero-order chi connectivity index (χ0) is 9.10. The number of hydrogen-bond donors (Lipinski definition) is 0. The highest BCUT2D eigenvalue weighted by Gasteiger charge is 2.19. The third kappa shape index (κ3) is 2.25. The minimum atomic E-state index is 0.587. The van der Waals surface area contributed by atoms with E-state index in [1.54, 1.807) is 0 Å². The van der Waals surface area contributed by atoms with E-state index in [2.05, 4.69) is 4.98 Å². The lowest BCUT2D eigenvalue weighted by molar-refractivity contribution is 0.291. The van der Waals surface area contributed by atoms with Crippen molar-refractivity contribution in [3.8, 4) is 0 Å². The number of hydrogen-bond acceptors (Lipinski definition) is 2. The van der Waals surface area contributed by atoms with Gasteiger partial charge in [0.15, 0.2) is 5.89 Å². The van der Waals surface area contributed by atoms with Crippen LogP contribution in [0.4, 0.5) is 0 Å². The van der Waals surface area contributed by atoms with E-state index in [4.69, 9.17) is 16.0 Å². The van der Waals surface area contributed by atoms with Gasteiger partial charge in [0.1, 0.15) is 5.76 Å². The molecule has 0 saturated heterocycles. The molecule has 1 aliphatic carbocycles. The lowest BCUT2D eigenvalue weighted by atomic mass is 9.82. The predicted molar refractivity (Wildman–Crippen MR) is 52.0 cm³/mol. The summed E-state index contributed by atoms with van der Waals surface area (Å²) in [4.78, 5) is 4.17. The van der Waals surface area contributed by atoms with Crippen molar-refractivity contribution in [3.63, 3.8) is 0 Å². The van der Waals surface area contributed by atoms with E-state index in [1.165, 1.54) is 19.3 Å². The molecule has 0 bridgehead atoms. The Kier molecular flexibility index (Phi) is 2.89. The molecule has 1 aliphatic rings. The maximum atomic E-state index is 5.59. The quantitative estimate of drug-likeness (QED) is 0.697. The monoisotopic (exact) mass is 199 g/mol. The van der Waals surface area contributed by atoms with Crippen LogP contribution in [-0.4, -0.2) is 10.9 Å². The average Bonchev–Trinajstić information content (AvgIpc) is 2.46. The van der Waals surface area contributed by atoms with Crippen molar-refractivity contribution in [3.05, 3.63) is 17.8 Å². The molecule has 0 aliphatic heterocycles. The van der Waals surface area contributed by atoms with Crippen LogP contribution in [0.2, 0.25) is 0 Å². The molecule has 1 saturated carbocycles. The summed E-state index contributed by atoms with van der Waals surface area (Å²) < 4.78 is 5.53. The van der Waals surface area contributed by atoms with Crippen molar-refractivity contribution in [2.45, 2.75) is 32.1 Å². The molecular weight excluding hydrogens is 186 g/mol. The molecule has 0 radical (unpaired) electrons. The summed E-state index contributed by atoms with van der Waals surface area (Å²) in [7, 11) is 0. The summed E-state index contributed by atoms with van der Waals surface area (Å²) in [6.07, 6.45) is 7.74. The van der Waals surface area contributed by atoms with Crippen molar-refractivity contribution in [1.29, 1.82) is 0 Å². The summed E-state index contributed by atoms with van der Waals surface area (Å²) in [5.41, 5.74) is 0. The van der Waals surface area contributed by atoms with Gasteiger partial charge in [-0.3, -0.25) is 0 Å². The largest absolute Gasteiger partial charge is 0.446 e. The summed E-state index contributed by atoms with van der Waals surface area (Å²) in [5, 5.41) is 0. The predicted octanol–water partition coefficient (Wildman–Crippen LogP) is 2.80. The van der Waals surface area contributed by atoms with Crippen LogP contribution in [0.15, 0.2) is 10.6 Å². The van der Waals surface area contributed by atoms with Crippen LogP contribution in [0.25, 0.3) is 0 Å². The summed E-state index contributed by atoms with van der Waals surface area (Å²) in [6, 6.07) is 0. The van der Waals surface area contributed by atoms with E-state index in [0.717, 1.165) is 30.4 Å². The molecule has 0 N–H and O–H groups in total. The molecule has 1 heterocycles. The Labute approximate surface area is 83.3 Å². The highest BCUT2D eigenvalue weighted by molar-refractivity contribution is 6.17. The molecule has 1 aromatic rings. The van der Waals surface area contributed by atoms with E-state index in [1.807, 2.05) is 6.20 Å². The Hall–Kier alpha value is -0.500. The third-order valence-electron chi connectivity index (χ3n) is 2.62. The smallest absolute Gasteiger partial charge is 0.195 e. The third-order valence-corrected chi connectivity index (χ3v) is 2.81. The zero-order valence-electron chi connectivity index (χ0n) is 7.63. The highest BCUT2D eigenvalue weighted by Crippen LogP contribution is 2.29. The van der Waals surface area contributed by atoms with Crippen molar-refractivity contribution in [2.75, 3.05) is 5.88 Å². The van der Waals surface area contributed by atoms with Gasteiger partial charge in [0, 0.05) is 18.7 Å². The van der Waals surface area contributed by atoms with Gasteiger partial charge in [-0.25, -0.2) is 4.98 Å². The van der Waals surface area contributed by atoms with Gasteiger partial charge >= 0.3 is 0 Å². The fraction of sp³-hybridized carbons (Fsp3) is 0.700. The van der Waals surface area contributed by atoms with Crippen LogP contribution in [0.5, 0.6) is 0 Å². The molecule has 3 heteroatoms. The Bertz CT molecular complexity index is 268. The molecule has 13 heavy (non-hydrogen) atoms. The number of halogens is 1. The molecule has 0 spiro atoms. The Morgan fingerprint density at radius 1 is 1.54 bits per heavy atom. The van der Waals surface area contributed by atoms with Gasteiger partial charge < -0.3 is 4.42 Å². The first-order valence-corrected chi connectivity index (χ1v) is 5.41. The van der Waals surface area contributed by atoms with Crippen LogP contribution in [0, 0.1) is 5.92 Å². The van der Waals surface area contributed by atoms with Crippen LogP contribution in [0.1, 0.15) is 30.9 Å². The molecule has 2 rings (SSSR count). The summed E-state index contributed by atoms with van der Waals surface area (Å²) in [6.45, 7) is 0. The van der Waals surface area contributed by atoms with E-state index in [0.29, 0.717) is 5.88 Å². The van der Waals surface area contributed by atoms with Crippen molar-refractivity contribution in [2.24, 2.45) is 5.92 Å². The minimum Gasteiger partial charge on any atom is -0.446 e. The molecule has 0 atom stereocenters. The molecule has 0 amide bonds. The van der Waals surface area contributed by atoms with Gasteiger partial charge in [-0.2, -0.15) is 0 Å². The van der Waals surface area contributed by atoms with Gasteiger partial charge in [-0.05, 0) is 5.92 Å². The van der Waals surface area contributed by atoms with E-state index in [-0.39, 0.29) is 0 Å². The lowest BCUT2D eigenvalue weighted by Gasteiger charge is -2.23. The second kappa shape index (κ2) is 4.14. The molecule has 72 valence electrons. The number of nitrogens with zero attached hydrogens (tertiary/aromatic N) is 1. The highest BCUT2D eigenvalue weighted by atomic mass is 35.5. The SMILES string of the molecule is ClCCc1ncc(CC2CCC2)o1.